The minimum Gasteiger partial charge on any atom is -0.385 e. The number of hydrogen-bond acceptors (Lipinski definition) is 3. The Morgan fingerprint density at radius 2 is 2.06 bits per heavy atom. The molecule has 0 bridgehead atoms. The lowest BCUT2D eigenvalue weighted by molar-refractivity contribution is -0.120. The Labute approximate surface area is 104 Å². The van der Waals surface area contributed by atoms with E-state index in [-0.39, 0.29) is 30.3 Å². The highest BCUT2D eigenvalue weighted by Gasteiger charge is 2.33. The normalized spacial score (nSPS) is 17.9. The number of ether oxygens (including phenoxy) is 1. The predicted molar refractivity (Wildman–Crippen MR) is 66.7 cm³/mol. The molecule has 0 saturated heterocycles. The molecule has 0 radical (unpaired) electrons. The molecule has 0 aromatic rings. The lowest BCUT2D eigenvalue weighted by Crippen LogP contribution is -2.39. The van der Waals surface area contributed by atoms with Gasteiger partial charge in [-0.05, 0) is 24.7 Å². The summed E-state index contributed by atoms with van der Waals surface area (Å²) in [7, 11) is 1.72. The van der Waals surface area contributed by atoms with Crippen LogP contribution in [-0.2, 0) is 9.53 Å². The molecule has 1 aliphatic carbocycles. The summed E-state index contributed by atoms with van der Waals surface area (Å²) in [5.41, 5.74) is 5.53. The van der Waals surface area contributed by atoms with Crippen molar-refractivity contribution in [1.82, 2.24) is 5.32 Å². The summed E-state index contributed by atoms with van der Waals surface area (Å²) in [5.74, 6) is -0.0568. The molecule has 1 rings (SSSR count). The summed E-state index contributed by atoms with van der Waals surface area (Å²) >= 11 is 0. The number of carbonyl (C=O) groups excluding carboxylic acids is 1. The summed E-state index contributed by atoms with van der Waals surface area (Å²) in [5, 5.41) is 2.90. The molecule has 96 valence electrons. The third kappa shape index (κ3) is 4.68. The van der Waals surface area contributed by atoms with Crippen LogP contribution in [0, 0.1) is 5.41 Å². The smallest absolute Gasteiger partial charge is 0.233 e. The molecule has 1 saturated carbocycles. The molecule has 1 amide bonds. The van der Waals surface area contributed by atoms with Gasteiger partial charge >= 0.3 is 0 Å². The third-order valence-corrected chi connectivity index (χ3v) is 3.35. The van der Waals surface area contributed by atoms with E-state index in [1.807, 2.05) is 0 Å². The first-order valence-electron chi connectivity index (χ1n) is 5.68. The Morgan fingerprint density at radius 3 is 2.56 bits per heavy atom. The molecule has 0 unspecified atom stereocenters. The molecule has 4 nitrogen and oxygen atoms in total. The molecule has 0 spiro atoms. The number of nitrogens with two attached hydrogens (primary N) is 1. The van der Waals surface area contributed by atoms with E-state index in [9.17, 15) is 4.79 Å². The predicted octanol–water partition coefficient (Wildman–Crippen LogP) is 1.08. The van der Waals surface area contributed by atoms with Gasteiger partial charge in [0.15, 0.2) is 0 Å². The Bertz CT molecular complexity index is 206. The molecule has 0 aromatic carbocycles. The Balaban J connectivity index is 0.00000225. The third-order valence-electron chi connectivity index (χ3n) is 3.35. The van der Waals surface area contributed by atoms with Crippen LogP contribution < -0.4 is 11.1 Å². The van der Waals surface area contributed by atoms with Crippen LogP contribution in [0.4, 0.5) is 0 Å². The van der Waals surface area contributed by atoms with Crippen molar-refractivity contribution in [2.75, 3.05) is 26.8 Å². The largest absolute Gasteiger partial charge is 0.385 e. The number of halogens is 1. The summed E-state index contributed by atoms with van der Waals surface area (Å²) < 4.78 is 5.12. The van der Waals surface area contributed by atoms with Gasteiger partial charge in [-0.25, -0.2) is 0 Å². The van der Waals surface area contributed by atoms with E-state index >= 15 is 0 Å². The van der Waals surface area contributed by atoms with Crippen molar-refractivity contribution >= 4 is 18.3 Å². The van der Waals surface area contributed by atoms with Crippen molar-refractivity contribution in [1.29, 1.82) is 0 Å². The molecule has 0 aromatic heterocycles. The van der Waals surface area contributed by atoms with E-state index in [0.717, 1.165) is 19.6 Å². The molecule has 0 heterocycles. The summed E-state index contributed by atoms with van der Waals surface area (Å²) in [6.07, 6.45) is 5.96. The summed E-state index contributed by atoms with van der Waals surface area (Å²) in [4.78, 5) is 11.1. The quantitative estimate of drug-likeness (QED) is 0.742. The fraction of sp³-hybridized carbons (Fsp3) is 0.909. The first-order valence-corrected chi connectivity index (χ1v) is 5.68. The molecular weight excluding hydrogens is 228 g/mol. The summed E-state index contributed by atoms with van der Waals surface area (Å²) in [6, 6.07) is 0. The molecule has 1 aliphatic rings. The van der Waals surface area contributed by atoms with E-state index in [1.54, 1.807) is 7.11 Å². The molecule has 16 heavy (non-hydrogen) atoms. The molecule has 0 atom stereocenters. The fourth-order valence-corrected chi connectivity index (χ4v) is 2.32. The maximum atomic E-state index is 11.1. The van der Waals surface area contributed by atoms with Gasteiger partial charge in [-0.1, -0.05) is 12.8 Å². The number of rotatable bonds is 6. The zero-order chi connectivity index (χ0) is 11.1. The number of nitrogens with one attached hydrogen (secondary N) is 1. The first kappa shape index (κ1) is 15.7. The second-order valence-corrected chi connectivity index (χ2v) is 4.43. The number of methoxy groups -OCH3 is 1. The second-order valence-electron chi connectivity index (χ2n) is 4.43. The monoisotopic (exact) mass is 250 g/mol. The zero-order valence-corrected chi connectivity index (χ0v) is 10.8. The standard InChI is InChI=1S/C11H22N2O2.ClH/c1-15-7-6-11(4-2-3-5-11)9-13-10(14)8-12;/h2-9,12H2,1H3,(H,13,14);1H. The van der Waals surface area contributed by atoms with Gasteiger partial charge < -0.3 is 15.8 Å². The SMILES string of the molecule is COCCC1(CNC(=O)CN)CCCC1.Cl. The van der Waals surface area contributed by atoms with Gasteiger partial charge in [-0.15, -0.1) is 12.4 Å². The van der Waals surface area contributed by atoms with Crippen molar-refractivity contribution < 1.29 is 9.53 Å². The van der Waals surface area contributed by atoms with Crippen LogP contribution in [0.5, 0.6) is 0 Å². The average Bonchev–Trinajstić information content (AvgIpc) is 2.72. The van der Waals surface area contributed by atoms with Crippen LogP contribution in [0.3, 0.4) is 0 Å². The molecule has 0 aliphatic heterocycles. The highest BCUT2D eigenvalue weighted by molar-refractivity contribution is 5.85. The fourth-order valence-electron chi connectivity index (χ4n) is 2.32. The van der Waals surface area contributed by atoms with Gasteiger partial charge in [0.1, 0.15) is 0 Å². The lowest BCUT2D eigenvalue weighted by atomic mass is 9.83. The zero-order valence-electron chi connectivity index (χ0n) is 9.96. The van der Waals surface area contributed by atoms with Crippen molar-refractivity contribution in [2.45, 2.75) is 32.1 Å². The van der Waals surface area contributed by atoms with Crippen molar-refractivity contribution in [3.8, 4) is 0 Å². The maximum Gasteiger partial charge on any atom is 0.233 e. The Morgan fingerprint density at radius 1 is 1.44 bits per heavy atom. The van der Waals surface area contributed by atoms with Gasteiger partial charge in [-0.3, -0.25) is 4.79 Å². The number of carbonyl (C=O) groups is 1. The van der Waals surface area contributed by atoms with Crippen LogP contribution in [0.25, 0.3) is 0 Å². The van der Waals surface area contributed by atoms with E-state index in [0.29, 0.717) is 0 Å². The second kappa shape index (κ2) is 7.87. The number of amides is 1. The van der Waals surface area contributed by atoms with Gasteiger partial charge in [0.2, 0.25) is 5.91 Å². The minimum absolute atomic E-state index is 0. The number of hydrogen-bond donors (Lipinski definition) is 2. The van der Waals surface area contributed by atoms with Crippen molar-refractivity contribution in [3.05, 3.63) is 0 Å². The summed E-state index contributed by atoms with van der Waals surface area (Å²) in [6.45, 7) is 1.62. The van der Waals surface area contributed by atoms with E-state index in [1.165, 1.54) is 25.7 Å². The van der Waals surface area contributed by atoms with Crippen LogP contribution in [-0.4, -0.2) is 32.7 Å². The van der Waals surface area contributed by atoms with E-state index in [4.69, 9.17) is 10.5 Å². The maximum absolute atomic E-state index is 11.1. The molecule has 5 heteroatoms. The molecular formula is C11H23ClN2O2. The van der Waals surface area contributed by atoms with Crippen molar-refractivity contribution in [3.63, 3.8) is 0 Å². The molecule has 1 fully saturated rings. The Kier molecular flexibility index (Phi) is 7.72. The Hall–Kier alpha value is -0.320. The lowest BCUT2D eigenvalue weighted by Gasteiger charge is -2.28. The topological polar surface area (TPSA) is 64.3 Å². The average molecular weight is 251 g/mol. The van der Waals surface area contributed by atoms with Crippen LogP contribution in [0.15, 0.2) is 0 Å². The van der Waals surface area contributed by atoms with Crippen LogP contribution in [0.2, 0.25) is 0 Å². The van der Waals surface area contributed by atoms with Crippen LogP contribution in [0.1, 0.15) is 32.1 Å². The first-order chi connectivity index (χ1) is 7.22. The van der Waals surface area contributed by atoms with E-state index in [2.05, 4.69) is 5.32 Å². The van der Waals surface area contributed by atoms with Gasteiger partial charge in [-0.2, -0.15) is 0 Å². The van der Waals surface area contributed by atoms with Crippen molar-refractivity contribution in [2.24, 2.45) is 11.1 Å². The van der Waals surface area contributed by atoms with E-state index < -0.39 is 0 Å². The highest BCUT2D eigenvalue weighted by atomic mass is 35.5. The van der Waals surface area contributed by atoms with Gasteiger partial charge in [0.25, 0.3) is 0 Å². The molecule has 3 N–H and O–H groups in total. The van der Waals surface area contributed by atoms with Gasteiger partial charge in [0.05, 0.1) is 6.54 Å². The van der Waals surface area contributed by atoms with Crippen LogP contribution >= 0.6 is 12.4 Å². The van der Waals surface area contributed by atoms with Gasteiger partial charge in [0, 0.05) is 20.3 Å². The minimum atomic E-state index is -0.0568. The highest BCUT2D eigenvalue weighted by Crippen LogP contribution is 2.40.